The molecule has 0 bridgehead atoms. The van der Waals surface area contributed by atoms with Gasteiger partial charge < -0.3 is 10.1 Å². The Balaban J connectivity index is 3.70. The molecule has 0 aliphatic carbocycles. The van der Waals surface area contributed by atoms with Crippen LogP contribution in [0, 0.1) is 0 Å². The van der Waals surface area contributed by atoms with Gasteiger partial charge >= 0.3 is 11.9 Å². The fourth-order valence-electron chi connectivity index (χ4n) is 0.512. The van der Waals surface area contributed by atoms with Crippen molar-refractivity contribution in [3.63, 3.8) is 0 Å². The van der Waals surface area contributed by atoms with Crippen molar-refractivity contribution in [1.29, 1.82) is 0 Å². The summed E-state index contributed by atoms with van der Waals surface area (Å²) >= 11 is 1.91. The predicted molar refractivity (Wildman–Crippen MR) is 52.9 cm³/mol. The molecule has 0 saturated carbocycles. The summed E-state index contributed by atoms with van der Waals surface area (Å²) in [6.07, 6.45) is 0.804. The van der Waals surface area contributed by atoms with Gasteiger partial charge in [-0.3, -0.25) is 4.79 Å². The second-order valence-electron chi connectivity index (χ2n) is 2.20. The maximum atomic E-state index is 10.8. The molecule has 1 atom stereocenters. The third kappa shape index (κ3) is 5.34. The van der Waals surface area contributed by atoms with Gasteiger partial charge in [-0.2, -0.15) is 0 Å². The van der Waals surface area contributed by atoms with Gasteiger partial charge in [0.2, 0.25) is 0 Å². The van der Waals surface area contributed by atoms with Crippen LogP contribution in [0.1, 0.15) is 20.3 Å². The highest BCUT2D eigenvalue weighted by molar-refractivity contribution is 14.1. The fourth-order valence-corrected chi connectivity index (χ4v) is 0.743. The molecule has 0 heterocycles. The zero-order valence-electron chi connectivity index (χ0n) is 7.09. The Morgan fingerprint density at radius 3 is 2.58 bits per heavy atom. The quantitative estimate of drug-likeness (QED) is 0.362. The van der Waals surface area contributed by atoms with Gasteiger partial charge in [-0.05, 0) is 35.9 Å². The molecule has 4 nitrogen and oxygen atoms in total. The molecule has 5 heteroatoms. The molecule has 0 saturated heterocycles. The first kappa shape index (κ1) is 11.7. The van der Waals surface area contributed by atoms with E-state index < -0.39 is 11.9 Å². The van der Waals surface area contributed by atoms with E-state index in [9.17, 15) is 9.59 Å². The van der Waals surface area contributed by atoms with Crippen LogP contribution in [0.2, 0.25) is 0 Å². The lowest BCUT2D eigenvalue weighted by atomic mass is 10.4. The molecule has 0 aliphatic rings. The summed E-state index contributed by atoms with van der Waals surface area (Å²) in [4.78, 5) is 21.7. The van der Waals surface area contributed by atoms with E-state index in [2.05, 4.69) is 10.1 Å². The van der Waals surface area contributed by atoms with E-state index in [0.29, 0.717) is 6.54 Å². The van der Waals surface area contributed by atoms with E-state index in [0.717, 1.165) is 6.42 Å². The average molecular weight is 285 g/mol. The number of carbonyl (C=O) groups is 2. The van der Waals surface area contributed by atoms with Gasteiger partial charge in [0.15, 0.2) is 0 Å². The number of ether oxygens (including phenoxy) is 1. The Morgan fingerprint density at radius 1 is 1.58 bits per heavy atom. The molecule has 0 aromatic heterocycles. The molecular weight excluding hydrogens is 273 g/mol. The number of halogens is 1. The SMILES string of the molecule is CCCNC(=O)C(=O)O[C@H](C)I. The molecule has 0 unspecified atom stereocenters. The lowest BCUT2D eigenvalue weighted by molar-refractivity contribution is -0.155. The molecule has 1 amide bonds. The van der Waals surface area contributed by atoms with Gasteiger partial charge in [0.1, 0.15) is 4.11 Å². The van der Waals surface area contributed by atoms with E-state index in [1.807, 2.05) is 29.5 Å². The van der Waals surface area contributed by atoms with Gasteiger partial charge in [-0.15, -0.1) is 0 Å². The van der Waals surface area contributed by atoms with Crippen LogP contribution in [0.15, 0.2) is 0 Å². The lowest BCUT2D eigenvalue weighted by Crippen LogP contribution is -2.33. The third-order valence-corrected chi connectivity index (χ3v) is 1.24. The van der Waals surface area contributed by atoms with Crippen LogP contribution in [-0.2, 0) is 14.3 Å². The number of hydrogen-bond donors (Lipinski definition) is 1. The number of carbonyl (C=O) groups excluding carboxylic acids is 2. The molecule has 0 fully saturated rings. The van der Waals surface area contributed by atoms with Crippen LogP contribution < -0.4 is 5.32 Å². The highest BCUT2D eigenvalue weighted by Gasteiger charge is 2.15. The Hall–Kier alpha value is -0.330. The minimum absolute atomic E-state index is 0.275. The van der Waals surface area contributed by atoms with Crippen LogP contribution in [0.4, 0.5) is 0 Å². The first-order valence-electron chi connectivity index (χ1n) is 3.70. The number of amides is 1. The maximum Gasteiger partial charge on any atom is 0.397 e. The van der Waals surface area contributed by atoms with E-state index in [1.54, 1.807) is 6.92 Å². The lowest BCUT2D eigenvalue weighted by Gasteiger charge is -2.05. The zero-order chi connectivity index (χ0) is 9.56. The monoisotopic (exact) mass is 285 g/mol. The molecule has 0 aromatic rings. The van der Waals surface area contributed by atoms with Crippen LogP contribution in [0.5, 0.6) is 0 Å². The van der Waals surface area contributed by atoms with Crippen LogP contribution in [0.3, 0.4) is 0 Å². The predicted octanol–water partition coefficient (Wildman–Crippen LogP) is 0.837. The zero-order valence-corrected chi connectivity index (χ0v) is 9.25. The summed E-state index contributed by atoms with van der Waals surface area (Å²) < 4.78 is 4.37. The second-order valence-corrected chi connectivity index (χ2v) is 3.96. The molecular formula is C7H12INO3. The summed E-state index contributed by atoms with van der Waals surface area (Å²) in [6.45, 7) is 4.10. The highest BCUT2D eigenvalue weighted by Crippen LogP contribution is 1.99. The topological polar surface area (TPSA) is 55.4 Å². The molecule has 70 valence electrons. The number of alkyl halides is 1. The first-order valence-corrected chi connectivity index (χ1v) is 4.95. The van der Waals surface area contributed by atoms with Crippen molar-refractivity contribution >= 4 is 34.5 Å². The second kappa shape index (κ2) is 6.22. The maximum absolute atomic E-state index is 10.8. The number of nitrogens with one attached hydrogen (secondary N) is 1. The van der Waals surface area contributed by atoms with Gasteiger partial charge in [0.25, 0.3) is 0 Å². The summed E-state index contributed by atoms with van der Waals surface area (Å²) in [5.41, 5.74) is 0. The van der Waals surface area contributed by atoms with E-state index in [1.165, 1.54) is 0 Å². The average Bonchev–Trinajstić information content (AvgIpc) is 1.98. The summed E-state index contributed by atoms with van der Waals surface area (Å²) in [6, 6.07) is 0. The van der Waals surface area contributed by atoms with Crippen LogP contribution in [0.25, 0.3) is 0 Å². The first-order chi connectivity index (χ1) is 5.57. The largest absolute Gasteiger partial charge is 0.445 e. The summed E-state index contributed by atoms with van der Waals surface area (Å²) in [5, 5.41) is 2.42. The third-order valence-electron chi connectivity index (χ3n) is 0.990. The Bertz CT molecular complexity index is 170. The van der Waals surface area contributed by atoms with Crippen molar-refractivity contribution in [2.24, 2.45) is 0 Å². The highest BCUT2D eigenvalue weighted by atomic mass is 127. The van der Waals surface area contributed by atoms with Crippen molar-refractivity contribution in [3.8, 4) is 0 Å². The number of hydrogen-bond acceptors (Lipinski definition) is 3. The van der Waals surface area contributed by atoms with Crippen molar-refractivity contribution < 1.29 is 14.3 Å². The van der Waals surface area contributed by atoms with E-state index in [4.69, 9.17) is 0 Å². The number of rotatable bonds is 3. The van der Waals surface area contributed by atoms with Gasteiger partial charge in [0.05, 0.1) is 0 Å². The normalized spacial score (nSPS) is 11.9. The van der Waals surface area contributed by atoms with Crippen molar-refractivity contribution in [3.05, 3.63) is 0 Å². The fraction of sp³-hybridized carbons (Fsp3) is 0.714. The molecule has 0 aromatic carbocycles. The minimum atomic E-state index is -0.814. The van der Waals surface area contributed by atoms with Crippen LogP contribution >= 0.6 is 22.6 Å². The molecule has 0 rings (SSSR count). The molecule has 1 N–H and O–H groups in total. The van der Waals surface area contributed by atoms with Gasteiger partial charge in [-0.1, -0.05) is 6.92 Å². The van der Waals surface area contributed by atoms with Crippen molar-refractivity contribution in [2.45, 2.75) is 24.4 Å². The Morgan fingerprint density at radius 2 is 2.17 bits per heavy atom. The molecule has 0 aliphatic heterocycles. The van der Waals surface area contributed by atoms with Crippen molar-refractivity contribution in [2.75, 3.05) is 6.54 Å². The summed E-state index contributed by atoms with van der Waals surface area (Å²) in [7, 11) is 0. The molecule has 12 heavy (non-hydrogen) atoms. The van der Waals surface area contributed by atoms with E-state index >= 15 is 0 Å². The molecule has 0 radical (unpaired) electrons. The standard InChI is InChI=1S/C7H12INO3/c1-3-4-9-6(10)7(11)12-5(2)8/h5H,3-4H2,1-2H3,(H,9,10)/t5-/m1/s1. The van der Waals surface area contributed by atoms with E-state index in [-0.39, 0.29) is 4.11 Å². The molecule has 0 spiro atoms. The Kier molecular flexibility index (Phi) is 6.04. The van der Waals surface area contributed by atoms with Crippen LogP contribution in [-0.4, -0.2) is 22.5 Å². The smallest absolute Gasteiger partial charge is 0.397 e. The summed E-state index contributed by atoms with van der Waals surface area (Å²) in [5.74, 6) is -1.48. The van der Waals surface area contributed by atoms with Gasteiger partial charge in [-0.25, -0.2) is 4.79 Å². The minimum Gasteiger partial charge on any atom is -0.445 e. The van der Waals surface area contributed by atoms with Crippen molar-refractivity contribution in [1.82, 2.24) is 5.32 Å². The Labute approximate surface area is 85.2 Å². The number of esters is 1. The van der Waals surface area contributed by atoms with Gasteiger partial charge in [0, 0.05) is 6.54 Å².